The maximum atomic E-state index is 13.9. The van der Waals surface area contributed by atoms with Crippen LogP contribution in [0.25, 0.3) is 0 Å². The van der Waals surface area contributed by atoms with Crippen LogP contribution in [0, 0.1) is 10.1 Å². The number of hydrogen-bond acceptors (Lipinski definition) is 8. The molecule has 0 aromatic heterocycles. The van der Waals surface area contributed by atoms with E-state index < -0.39 is 28.9 Å². The monoisotopic (exact) mass is 505 g/mol. The van der Waals surface area contributed by atoms with E-state index in [2.05, 4.69) is 10.2 Å². The molecule has 2 aliphatic rings. The van der Waals surface area contributed by atoms with Gasteiger partial charge in [-0.05, 0) is 50.9 Å². The van der Waals surface area contributed by atoms with Gasteiger partial charge in [0.05, 0.1) is 29.1 Å². The van der Waals surface area contributed by atoms with Crippen molar-refractivity contribution in [3.63, 3.8) is 0 Å². The zero-order chi connectivity index (χ0) is 26.5. The number of carbonyl (C=O) groups is 2. The molecule has 2 aromatic rings. The minimum Gasteiger partial charge on any atom is -0.466 e. The fraction of sp³-hybridized carbons (Fsp3) is 0.357. The number of methoxy groups -OCH3 is 1. The molecule has 2 aromatic carbocycles. The average molecular weight is 506 g/mol. The van der Waals surface area contributed by atoms with Gasteiger partial charge in [-0.3, -0.25) is 15.0 Å². The van der Waals surface area contributed by atoms with Gasteiger partial charge < -0.3 is 14.8 Å². The van der Waals surface area contributed by atoms with Crippen molar-refractivity contribution in [3.05, 3.63) is 98.4 Å². The maximum Gasteiger partial charge on any atom is 0.337 e. The van der Waals surface area contributed by atoms with E-state index in [-0.39, 0.29) is 16.8 Å². The van der Waals surface area contributed by atoms with Crippen LogP contribution in [0.1, 0.15) is 49.8 Å². The van der Waals surface area contributed by atoms with Crippen LogP contribution in [0.2, 0.25) is 0 Å². The summed E-state index contributed by atoms with van der Waals surface area (Å²) in [5.74, 6) is -2.12. The number of nitro benzene ring substituents is 1. The highest BCUT2D eigenvalue weighted by molar-refractivity contribution is 6.00. The first kappa shape index (κ1) is 26.1. The van der Waals surface area contributed by atoms with Gasteiger partial charge in [0.2, 0.25) is 0 Å². The van der Waals surface area contributed by atoms with E-state index in [0.717, 1.165) is 31.5 Å². The van der Waals surface area contributed by atoms with Crippen LogP contribution in [0.5, 0.6) is 0 Å². The summed E-state index contributed by atoms with van der Waals surface area (Å²) in [6, 6.07) is 15.5. The highest BCUT2D eigenvalue weighted by Crippen LogP contribution is 2.40. The normalized spacial score (nSPS) is 18.8. The molecule has 37 heavy (non-hydrogen) atoms. The molecular formula is C28H31N3O6. The molecule has 0 amide bonds. The molecule has 2 heterocycles. The number of dihydropyridines is 1. The second-order valence-corrected chi connectivity index (χ2v) is 9.29. The number of esters is 2. The number of allylic oxidation sites excluding steroid dienone is 2. The topological polar surface area (TPSA) is 111 Å². The number of likely N-dealkylation sites (tertiary alicyclic amines) is 1. The Morgan fingerprint density at radius 1 is 1.03 bits per heavy atom. The van der Waals surface area contributed by atoms with Crippen LogP contribution in [0.3, 0.4) is 0 Å². The van der Waals surface area contributed by atoms with Crippen LogP contribution in [-0.4, -0.2) is 48.5 Å². The summed E-state index contributed by atoms with van der Waals surface area (Å²) in [6.07, 6.45) is 1.68. The highest BCUT2D eigenvalue weighted by Gasteiger charge is 2.39. The molecular weight excluding hydrogens is 474 g/mol. The molecule has 9 heteroatoms. The Kier molecular flexibility index (Phi) is 8.03. The fourth-order valence-corrected chi connectivity index (χ4v) is 5.07. The van der Waals surface area contributed by atoms with Gasteiger partial charge in [-0.1, -0.05) is 42.5 Å². The molecule has 2 unspecified atom stereocenters. The number of nitro groups is 1. The summed E-state index contributed by atoms with van der Waals surface area (Å²) in [6.45, 7) is 5.87. The predicted molar refractivity (Wildman–Crippen MR) is 137 cm³/mol. The molecule has 1 fully saturated rings. The molecule has 4 rings (SSSR count). The first-order valence-electron chi connectivity index (χ1n) is 12.3. The quantitative estimate of drug-likeness (QED) is 0.320. The number of nitrogens with zero attached hydrogens (tertiary/aromatic N) is 2. The first-order chi connectivity index (χ1) is 17.8. The summed E-state index contributed by atoms with van der Waals surface area (Å²) in [5, 5.41) is 14.6. The molecule has 194 valence electrons. The third-order valence-corrected chi connectivity index (χ3v) is 6.84. The first-order valence-corrected chi connectivity index (χ1v) is 12.3. The Bertz CT molecular complexity index is 1250. The fourth-order valence-electron chi connectivity index (χ4n) is 5.07. The lowest BCUT2D eigenvalue weighted by Crippen LogP contribution is -2.34. The summed E-state index contributed by atoms with van der Waals surface area (Å²) in [7, 11) is 1.26. The molecule has 0 saturated carbocycles. The summed E-state index contributed by atoms with van der Waals surface area (Å²) < 4.78 is 11.2. The number of nitrogens with one attached hydrogen (secondary N) is 1. The number of benzene rings is 2. The number of rotatable bonds is 8. The molecule has 2 aliphatic heterocycles. The Morgan fingerprint density at radius 3 is 2.30 bits per heavy atom. The maximum absolute atomic E-state index is 13.9. The van der Waals surface area contributed by atoms with Gasteiger partial charge in [0.15, 0.2) is 0 Å². The Balaban J connectivity index is 1.75. The van der Waals surface area contributed by atoms with Crippen molar-refractivity contribution in [2.75, 3.05) is 26.7 Å². The summed E-state index contributed by atoms with van der Waals surface area (Å²) in [5.41, 5.74) is 2.60. The van der Waals surface area contributed by atoms with Crippen molar-refractivity contribution in [2.45, 2.75) is 38.7 Å². The second kappa shape index (κ2) is 11.4. The standard InChI is InChI=1S/C28H31N3O6/c1-18-24(27(32)36-3)26(21-12-9-13-22(16-21)31(34)35)25(19(2)29-18)28(33)37-23(17-30-14-7-8-15-30)20-10-5-4-6-11-20/h4-6,9-13,16,23,26,29H,7-8,14-15,17H2,1-3H3. The molecule has 9 nitrogen and oxygen atoms in total. The Morgan fingerprint density at radius 2 is 1.68 bits per heavy atom. The van der Waals surface area contributed by atoms with Gasteiger partial charge >= 0.3 is 11.9 Å². The predicted octanol–water partition coefficient (Wildman–Crippen LogP) is 4.38. The van der Waals surface area contributed by atoms with Gasteiger partial charge in [0.1, 0.15) is 6.10 Å². The number of ether oxygens (including phenoxy) is 2. The van der Waals surface area contributed by atoms with E-state index in [0.29, 0.717) is 23.5 Å². The van der Waals surface area contributed by atoms with Crippen molar-refractivity contribution in [2.24, 2.45) is 0 Å². The van der Waals surface area contributed by atoms with Crippen LogP contribution < -0.4 is 5.32 Å². The van der Waals surface area contributed by atoms with Crippen molar-refractivity contribution in [1.29, 1.82) is 0 Å². The third-order valence-electron chi connectivity index (χ3n) is 6.84. The number of hydrogen-bond donors (Lipinski definition) is 1. The molecule has 0 aliphatic carbocycles. The van der Waals surface area contributed by atoms with Crippen molar-refractivity contribution >= 4 is 17.6 Å². The molecule has 1 N–H and O–H groups in total. The van der Waals surface area contributed by atoms with Gasteiger partial charge in [-0.2, -0.15) is 0 Å². The third kappa shape index (κ3) is 5.72. The van der Waals surface area contributed by atoms with Gasteiger partial charge in [0, 0.05) is 30.1 Å². The lowest BCUT2D eigenvalue weighted by Gasteiger charge is -2.31. The average Bonchev–Trinajstić information content (AvgIpc) is 3.41. The number of non-ortho nitro benzene ring substituents is 1. The minimum atomic E-state index is -0.899. The molecule has 0 radical (unpaired) electrons. The SMILES string of the molecule is COC(=O)C1=C(C)NC(C)=C(C(=O)OC(CN2CCCC2)c2ccccc2)C1c1cccc([N+](=O)[O-])c1. The van der Waals surface area contributed by atoms with Gasteiger partial charge in [0.25, 0.3) is 5.69 Å². The summed E-state index contributed by atoms with van der Waals surface area (Å²) in [4.78, 5) is 40.0. The number of carbonyl (C=O) groups excluding carboxylic acids is 2. The second-order valence-electron chi connectivity index (χ2n) is 9.29. The zero-order valence-electron chi connectivity index (χ0n) is 21.2. The smallest absolute Gasteiger partial charge is 0.337 e. The van der Waals surface area contributed by atoms with Crippen LogP contribution >= 0.6 is 0 Å². The van der Waals surface area contributed by atoms with Crippen LogP contribution in [-0.2, 0) is 19.1 Å². The van der Waals surface area contributed by atoms with Crippen LogP contribution in [0.15, 0.2) is 77.1 Å². The molecule has 0 bridgehead atoms. The van der Waals surface area contributed by atoms with E-state index in [9.17, 15) is 19.7 Å². The van der Waals surface area contributed by atoms with Crippen molar-refractivity contribution in [3.8, 4) is 0 Å². The lowest BCUT2D eigenvalue weighted by atomic mass is 9.80. The molecule has 0 spiro atoms. The van der Waals surface area contributed by atoms with Gasteiger partial charge in [-0.25, -0.2) is 9.59 Å². The van der Waals surface area contributed by atoms with Crippen molar-refractivity contribution < 1.29 is 24.0 Å². The minimum absolute atomic E-state index is 0.139. The van der Waals surface area contributed by atoms with Crippen molar-refractivity contribution in [1.82, 2.24) is 10.2 Å². The lowest BCUT2D eigenvalue weighted by molar-refractivity contribution is -0.384. The van der Waals surface area contributed by atoms with E-state index in [1.165, 1.54) is 25.3 Å². The van der Waals surface area contributed by atoms with Crippen LogP contribution in [0.4, 0.5) is 5.69 Å². The Labute approximate surface area is 215 Å². The van der Waals surface area contributed by atoms with E-state index >= 15 is 0 Å². The van der Waals surface area contributed by atoms with E-state index in [1.807, 2.05) is 30.3 Å². The highest BCUT2D eigenvalue weighted by atomic mass is 16.6. The zero-order valence-corrected chi connectivity index (χ0v) is 21.2. The Hall–Kier alpha value is -3.98. The van der Waals surface area contributed by atoms with E-state index in [4.69, 9.17) is 9.47 Å². The summed E-state index contributed by atoms with van der Waals surface area (Å²) >= 11 is 0. The molecule has 2 atom stereocenters. The van der Waals surface area contributed by atoms with Gasteiger partial charge in [-0.15, -0.1) is 0 Å². The van der Waals surface area contributed by atoms with E-state index in [1.54, 1.807) is 19.9 Å². The molecule has 1 saturated heterocycles. The largest absolute Gasteiger partial charge is 0.466 e.